The van der Waals surface area contributed by atoms with Crippen LogP contribution in [0.25, 0.3) is 0 Å². The van der Waals surface area contributed by atoms with Gasteiger partial charge in [-0.1, -0.05) is 12.5 Å². The summed E-state index contributed by atoms with van der Waals surface area (Å²) in [5.74, 6) is -1.36. The van der Waals surface area contributed by atoms with Crippen LogP contribution in [0.15, 0.2) is 12.1 Å². The van der Waals surface area contributed by atoms with Gasteiger partial charge in [0, 0.05) is 17.9 Å². The van der Waals surface area contributed by atoms with Gasteiger partial charge in [-0.05, 0) is 50.7 Å². The van der Waals surface area contributed by atoms with Gasteiger partial charge in [-0.3, -0.25) is 24.5 Å². The summed E-state index contributed by atoms with van der Waals surface area (Å²) in [6.45, 7) is 2.96. The lowest BCUT2D eigenvalue weighted by molar-refractivity contribution is -0.384. The van der Waals surface area contributed by atoms with Crippen LogP contribution in [0, 0.1) is 41.7 Å². The van der Waals surface area contributed by atoms with Gasteiger partial charge in [0.25, 0.3) is 11.6 Å². The van der Waals surface area contributed by atoms with Crippen LogP contribution >= 0.6 is 0 Å². The maximum atomic E-state index is 12.4. The lowest BCUT2D eigenvalue weighted by Crippen LogP contribution is -2.40. The summed E-state index contributed by atoms with van der Waals surface area (Å²) in [5, 5.41) is 13.7. The Balaban J connectivity index is 1.59. The summed E-state index contributed by atoms with van der Waals surface area (Å²) in [5.41, 5.74) is 1.30. The van der Waals surface area contributed by atoms with E-state index >= 15 is 0 Å². The highest BCUT2D eigenvalue weighted by Crippen LogP contribution is 2.40. The molecule has 28 heavy (non-hydrogen) atoms. The number of Topliss-reactive ketones (excluding diaryl/α,β-unsaturated/α-hetero) is 1. The maximum absolute atomic E-state index is 12.4. The zero-order chi connectivity index (χ0) is 20.4. The predicted molar refractivity (Wildman–Crippen MR) is 101 cm³/mol. The van der Waals surface area contributed by atoms with E-state index in [1.807, 2.05) is 0 Å². The molecule has 0 saturated heterocycles. The highest BCUT2D eigenvalue weighted by molar-refractivity contribution is 5.96. The number of nitro benzene ring substituents is 1. The molecule has 3 rings (SSSR count). The molecule has 8 heteroatoms. The van der Waals surface area contributed by atoms with Crippen molar-refractivity contribution in [2.45, 2.75) is 46.0 Å². The molecule has 1 amide bonds. The largest absolute Gasteiger partial charge is 0.455 e. The van der Waals surface area contributed by atoms with E-state index in [-0.39, 0.29) is 34.9 Å². The molecule has 1 aromatic rings. The van der Waals surface area contributed by atoms with E-state index in [1.165, 1.54) is 6.07 Å². The van der Waals surface area contributed by atoms with Crippen molar-refractivity contribution in [3.63, 3.8) is 0 Å². The van der Waals surface area contributed by atoms with Gasteiger partial charge in [-0.15, -0.1) is 0 Å². The van der Waals surface area contributed by atoms with Crippen LogP contribution in [-0.2, 0) is 19.1 Å². The summed E-state index contributed by atoms with van der Waals surface area (Å²) in [6, 6.07) is 2.95. The van der Waals surface area contributed by atoms with Crippen molar-refractivity contribution in [1.29, 1.82) is 0 Å². The molecular formula is C20H24N2O6. The van der Waals surface area contributed by atoms with Crippen molar-refractivity contribution >= 4 is 29.0 Å². The second kappa shape index (κ2) is 8.08. The summed E-state index contributed by atoms with van der Waals surface area (Å²) in [7, 11) is 0. The van der Waals surface area contributed by atoms with Gasteiger partial charge in [-0.25, -0.2) is 0 Å². The number of ketones is 1. The van der Waals surface area contributed by atoms with Crippen molar-refractivity contribution in [3.8, 4) is 0 Å². The van der Waals surface area contributed by atoms with Crippen LogP contribution < -0.4 is 5.32 Å². The standard InChI is InChI=1S/C20H24N2O6/c1-11-6-7-16(22(26)27)18(12(11)2)21-17(23)10-28-20(25)15-8-13-4-3-5-14(9-15)19(13)24/h6-7,13-15H,3-5,8-10H2,1-2H3,(H,21,23)/t13-,14-/m0/s1. The lowest BCUT2D eigenvalue weighted by atomic mass is 9.67. The molecule has 1 N–H and O–H groups in total. The molecule has 150 valence electrons. The number of rotatable bonds is 5. The Morgan fingerprint density at radius 1 is 1.21 bits per heavy atom. The summed E-state index contributed by atoms with van der Waals surface area (Å²) in [4.78, 5) is 47.3. The van der Waals surface area contributed by atoms with Crippen LogP contribution in [0.5, 0.6) is 0 Å². The lowest BCUT2D eigenvalue weighted by Gasteiger charge is -2.36. The minimum atomic E-state index is -0.628. The molecule has 0 aromatic heterocycles. The number of benzene rings is 1. The van der Waals surface area contributed by atoms with E-state index in [1.54, 1.807) is 19.9 Å². The van der Waals surface area contributed by atoms with Crippen LogP contribution in [-0.4, -0.2) is 29.2 Å². The summed E-state index contributed by atoms with van der Waals surface area (Å²) in [6.07, 6.45) is 3.61. The summed E-state index contributed by atoms with van der Waals surface area (Å²) < 4.78 is 5.15. The molecule has 1 aromatic carbocycles. The molecule has 2 atom stereocenters. The zero-order valence-corrected chi connectivity index (χ0v) is 16.0. The molecule has 8 nitrogen and oxygen atoms in total. The number of hydrogen-bond acceptors (Lipinski definition) is 6. The number of carbonyl (C=O) groups is 3. The number of nitrogens with zero attached hydrogens (tertiary/aromatic N) is 1. The van der Waals surface area contributed by atoms with E-state index < -0.39 is 23.4 Å². The maximum Gasteiger partial charge on any atom is 0.309 e. The first-order valence-corrected chi connectivity index (χ1v) is 9.52. The zero-order valence-electron chi connectivity index (χ0n) is 16.0. The first kappa shape index (κ1) is 20.0. The van der Waals surface area contributed by atoms with Crippen molar-refractivity contribution in [1.82, 2.24) is 0 Å². The Kier molecular flexibility index (Phi) is 5.76. The van der Waals surface area contributed by atoms with Gasteiger partial charge < -0.3 is 10.1 Å². The minimum absolute atomic E-state index is 0.0727. The Morgan fingerprint density at radius 2 is 1.86 bits per heavy atom. The summed E-state index contributed by atoms with van der Waals surface area (Å²) >= 11 is 0. The molecule has 2 saturated carbocycles. The van der Waals surface area contributed by atoms with E-state index in [2.05, 4.69) is 5.32 Å². The van der Waals surface area contributed by atoms with Crippen LogP contribution in [0.2, 0.25) is 0 Å². The third-order valence-corrected chi connectivity index (χ3v) is 5.90. The van der Waals surface area contributed by atoms with Gasteiger partial charge >= 0.3 is 5.97 Å². The van der Waals surface area contributed by atoms with E-state index in [0.29, 0.717) is 18.4 Å². The molecule has 2 aliphatic carbocycles. The Hall–Kier alpha value is -2.77. The monoisotopic (exact) mass is 388 g/mol. The van der Waals surface area contributed by atoms with Crippen LogP contribution in [0.3, 0.4) is 0 Å². The molecule has 2 fully saturated rings. The number of fused-ring (bicyclic) bond motifs is 2. The van der Waals surface area contributed by atoms with Gasteiger partial charge in [0.15, 0.2) is 6.61 Å². The van der Waals surface area contributed by atoms with Gasteiger partial charge in [-0.2, -0.15) is 0 Å². The van der Waals surface area contributed by atoms with E-state index in [9.17, 15) is 24.5 Å². The number of nitro groups is 1. The van der Waals surface area contributed by atoms with Crippen molar-refractivity contribution in [3.05, 3.63) is 33.4 Å². The van der Waals surface area contributed by atoms with Crippen molar-refractivity contribution < 1.29 is 24.0 Å². The molecule has 2 bridgehead atoms. The van der Waals surface area contributed by atoms with Crippen LogP contribution in [0.1, 0.15) is 43.2 Å². The third kappa shape index (κ3) is 4.05. The van der Waals surface area contributed by atoms with Crippen molar-refractivity contribution in [2.75, 3.05) is 11.9 Å². The molecule has 0 spiro atoms. The fourth-order valence-electron chi connectivity index (χ4n) is 4.21. The normalized spacial score (nSPS) is 23.8. The number of amides is 1. The first-order valence-electron chi connectivity index (χ1n) is 9.52. The number of ether oxygens (including phenoxy) is 1. The topological polar surface area (TPSA) is 116 Å². The van der Waals surface area contributed by atoms with Crippen LogP contribution in [0.4, 0.5) is 11.4 Å². The molecular weight excluding hydrogens is 364 g/mol. The Labute approximate surface area is 162 Å². The number of aryl methyl sites for hydroxylation is 1. The fraction of sp³-hybridized carbons (Fsp3) is 0.550. The van der Waals surface area contributed by atoms with Gasteiger partial charge in [0.05, 0.1) is 10.8 Å². The fourth-order valence-corrected chi connectivity index (χ4v) is 4.21. The molecule has 0 aliphatic heterocycles. The average Bonchev–Trinajstić information content (AvgIpc) is 2.63. The average molecular weight is 388 g/mol. The number of esters is 1. The number of anilines is 1. The number of nitrogens with one attached hydrogen (secondary N) is 1. The number of hydrogen-bond donors (Lipinski definition) is 1. The third-order valence-electron chi connectivity index (χ3n) is 5.90. The van der Waals surface area contributed by atoms with Gasteiger partial charge in [0.1, 0.15) is 11.5 Å². The van der Waals surface area contributed by atoms with E-state index in [4.69, 9.17) is 4.74 Å². The minimum Gasteiger partial charge on any atom is -0.455 e. The highest BCUT2D eigenvalue weighted by Gasteiger charge is 2.41. The van der Waals surface area contributed by atoms with Gasteiger partial charge in [0.2, 0.25) is 0 Å². The second-order valence-corrected chi connectivity index (χ2v) is 7.71. The molecule has 0 heterocycles. The Bertz CT molecular complexity index is 818. The van der Waals surface area contributed by atoms with Crippen molar-refractivity contribution in [2.24, 2.45) is 17.8 Å². The highest BCUT2D eigenvalue weighted by atomic mass is 16.6. The predicted octanol–water partition coefficient (Wildman–Crippen LogP) is 3.09. The SMILES string of the molecule is Cc1ccc([N+](=O)[O-])c(NC(=O)COC(=O)C2C[C@@H]3CCC[C@@H](C2)C3=O)c1C. The number of carbonyl (C=O) groups excluding carboxylic acids is 3. The molecule has 0 unspecified atom stereocenters. The van der Waals surface area contributed by atoms with E-state index in [0.717, 1.165) is 24.8 Å². The first-order chi connectivity index (χ1) is 13.3. The second-order valence-electron chi connectivity index (χ2n) is 7.71. The molecule has 2 aliphatic rings. The Morgan fingerprint density at radius 3 is 2.46 bits per heavy atom. The quantitative estimate of drug-likeness (QED) is 0.471. The molecule has 0 radical (unpaired) electrons. The smallest absolute Gasteiger partial charge is 0.309 e.